The van der Waals surface area contributed by atoms with Crippen molar-refractivity contribution in [2.24, 2.45) is 5.92 Å². The van der Waals surface area contributed by atoms with Gasteiger partial charge in [0, 0.05) is 43.4 Å². The van der Waals surface area contributed by atoms with Gasteiger partial charge in [-0.05, 0) is 49.9 Å². The van der Waals surface area contributed by atoms with E-state index < -0.39 is 0 Å². The van der Waals surface area contributed by atoms with Gasteiger partial charge in [-0.25, -0.2) is 0 Å². The van der Waals surface area contributed by atoms with Crippen LogP contribution in [0.5, 0.6) is 0 Å². The Balaban J connectivity index is 1.59. The first kappa shape index (κ1) is 15.3. The lowest BCUT2D eigenvalue weighted by Crippen LogP contribution is -2.38. The summed E-state index contributed by atoms with van der Waals surface area (Å²) in [6.07, 6.45) is 5.92. The summed E-state index contributed by atoms with van der Waals surface area (Å²) in [6, 6.07) is 8.29. The Labute approximate surface area is 132 Å². The molecule has 0 radical (unpaired) electrons. The molecule has 2 fully saturated rings. The number of rotatable bonds is 5. The lowest BCUT2D eigenvalue weighted by Gasteiger charge is -2.21. The van der Waals surface area contributed by atoms with E-state index in [1.165, 1.54) is 24.9 Å². The van der Waals surface area contributed by atoms with Gasteiger partial charge >= 0.3 is 0 Å². The summed E-state index contributed by atoms with van der Waals surface area (Å²) in [4.78, 5) is 14.8. The van der Waals surface area contributed by atoms with Gasteiger partial charge in [0.15, 0.2) is 0 Å². The number of hydrogen-bond acceptors (Lipinski definition) is 3. The molecule has 1 heterocycles. The van der Waals surface area contributed by atoms with Gasteiger partial charge in [-0.1, -0.05) is 6.42 Å². The normalized spacial score (nSPS) is 24.7. The third-order valence-corrected chi connectivity index (χ3v) is 4.96. The van der Waals surface area contributed by atoms with E-state index in [0.717, 1.165) is 38.1 Å². The number of benzene rings is 1. The zero-order valence-corrected chi connectivity index (χ0v) is 13.4. The first-order valence-corrected chi connectivity index (χ1v) is 8.43. The van der Waals surface area contributed by atoms with Gasteiger partial charge in [0.1, 0.15) is 0 Å². The standard InChI is InChI=1S/C18H26N2O2/c1-22-13-15-5-4-6-17(15)19-18(21)14-7-9-16(10-8-14)20-11-2-3-12-20/h7-10,15,17H,2-6,11-13H2,1H3,(H,19,21)/t15-,17-/m1/s1. The van der Waals surface area contributed by atoms with Crippen molar-refractivity contribution >= 4 is 11.6 Å². The first-order valence-electron chi connectivity index (χ1n) is 8.43. The highest BCUT2D eigenvalue weighted by Crippen LogP contribution is 2.26. The van der Waals surface area contributed by atoms with Crippen LogP contribution < -0.4 is 10.2 Å². The molecule has 1 aromatic rings. The van der Waals surface area contributed by atoms with Gasteiger partial charge in [-0.3, -0.25) is 4.79 Å². The lowest BCUT2D eigenvalue weighted by molar-refractivity contribution is 0.0898. The predicted molar refractivity (Wildman–Crippen MR) is 88.4 cm³/mol. The molecule has 1 saturated carbocycles. The van der Waals surface area contributed by atoms with Gasteiger partial charge in [0.05, 0.1) is 6.61 Å². The van der Waals surface area contributed by atoms with Gasteiger partial charge in [0.2, 0.25) is 0 Å². The van der Waals surface area contributed by atoms with Crippen LogP contribution in [0.4, 0.5) is 5.69 Å². The van der Waals surface area contributed by atoms with Crippen LogP contribution in [0.2, 0.25) is 0 Å². The molecular formula is C18H26N2O2. The molecule has 22 heavy (non-hydrogen) atoms. The first-order chi connectivity index (χ1) is 10.8. The molecule has 1 aromatic carbocycles. The molecule has 0 spiro atoms. The molecule has 1 saturated heterocycles. The molecule has 2 aliphatic rings. The summed E-state index contributed by atoms with van der Waals surface area (Å²) in [5.41, 5.74) is 1.98. The Hall–Kier alpha value is -1.55. The number of hydrogen-bond donors (Lipinski definition) is 1. The van der Waals surface area contributed by atoms with E-state index in [4.69, 9.17) is 4.74 Å². The fourth-order valence-corrected chi connectivity index (χ4v) is 3.69. The van der Waals surface area contributed by atoms with Crippen molar-refractivity contribution in [1.29, 1.82) is 0 Å². The molecular weight excluding hydrogens is 276 g/mol. The number of anilines is 1. The lowest BCUT2D eigenvalue weighted by atomic mass is 10.0. The number of nitrogens with one attached hydrogen (secondary N) is 1. The predicted octanol–water partition coefficient (Wildman–Crippen LogP) is 2.83. The molecule has 120 valence electrons. The number of carbonyl (C=O) groups is 1. The number of methoxy groups -OCH3 is 1. The van der Waals surface area contributed by atoms with Crippen molar-refractivity contribution in [2.75, 3.05) is 31.7 Å². The monoisotopic (exact) mass is 302 g/mol. The number of ether oxygens (including phenoxy) is 1. The van der Waals surface area contributed by atoms with Crippen molar-refractivity contribution in [3.8, 4) is 0 Å². The van der Waals surface area contributed by atoms with Crippen LogP contribution in [-0.2, 0) is 4.74 Å². The minimum absolute atomic E-state index is 0.0426. The smallest absolute Gasteiger partial charge is 0.251 e. The second kappa shape index (κ2) is 7.14. The Kier molecular flexibility index (Phi) is 4.98. The third kappa shape index (κ3) is 3.43. The largest absolute Gasteiger partial charge is 0.384 e. The van der Waals surface area contributed by atoms with Crippen LogP contribution in [-0.4, -0.2) is 38.8 Å². The van der Waals surface area contributed by atoms with Crippen LogP contribution >= 0.6 is 0 Å². The minimum Gasteiger partial charge on any atom is -0.384 e. The topological polar surface area (TPSA) is 41.6 Å². The highest BCUT2D eigenvalue weighted by atomic mass is 16.5. The van der Waals surface area contributed by atoms with Crippen molar-refractivity contribution < 1.29 is 9.53 Å². The second-order valence-electron chi connectivity index (χ2n) is 6.47. The molecule has 1 N–H and O–H groups in total. The average molecular weight is 302 g/mol. The summed E-state index contributed by atoms with van der Waals surface area (Å²) in [5, 5.41) is 3.19. The molecule has 2 atom stereocenters. The van der Waals surface area contributed by atoms with Crippen LogP contribution in [0.3, 0.4) is 0 Å². The summed E-state index contributed by atoms with van der Waals surface area (Å²) in [7, 11) is 1.73. The number of nitrogens with zero attached hydrogens (tertiary/aromatic N) is 1. The van der Waals surface area contributed by atoms with Crippen LogP contribution in [0, 0.1) is 5.92 Å². The third-order valence-electron chi connectivity index (χ3n) is 4.96. The summed E-state index contributed by atoms with van der Waals surface area (Å²) in [5.74, 6) is 0.499. The van der Waals surface area contributed by atoms with Crippen LogP contribution in [0.1, 0.15) is 42.5 Å². The van der Waals surface area contributed by atoms with Crippen molar-refractivity contribution in [1.82, 2.24) is 5.32 Å². The zero-order chi connectivity index (χ0) is 15.4. The molecule has 1 aliphatic heterocycles. The van der Waals surface area contributed by atoms with Crippen molar-refractivity contribution in [3.63, 3.8) is 0 Å². The van der Waals surface area contributed by atoms with E-state index in [1.807, 2.05) is 12.1 Å². The molecule has 4 heteroatoms. The molecule has 0 unspecified atom stereocenters. The molecule has 1 amide bonds. The maximum Gasteiger partial charge on any atom is 0.251 e. The van der Waals surface area contributed by atoms with E-state index in [-0.39, 0.29) is 11.9 Å². The van der Waals surface area contributed by atoms with Crippen LogP contribution in [0.15, 0.2) is 24.3 Å². The summed E-state index contributed by atoms with van der Waals surface area (Å²) in [6.45, 7) is 3.00. The number of carbonyl (C=O) groups excluding carboxylic acids is 1. The van der Waals surface area contributed by atoms with E-state index >= 15 is 0 Å². The van der Waals surface area contributed by atoms with Crippen molar-refractivity contribution in [3.05, 3.63) is 29.8 Å². The van der Waals surface area contributed by atoms with Gasteiger partial charge in [0.25, 0.3) is 5.91 Å². The average Bonchev–Trinajstić information content (AvgIpc) is 3.20. The fourth-order valence-electron chi connectivity index (χ4n) is 3.69. The zero-order valence-electron chi connectivity index (χ0n) is 13.4. The molecule has 0 aromatic heterocycles. The highest BCUT2D eigenvalue weighted by Gasteiger charge is 2.28. The minimum atomic E-state index is 0.0426. The van der Waals surface area contributed by atoms with Gasteiger partial charge in [-0.2, -0.15) is 0 Å². The van der Waals surface area contributed by atoms with E-state index in [2.05, 4.69) is 22.3 Å². The summed E-state index contributed by atoms with van der Waals surface area (Å²) < 4.78 is 5.26. The molecule has 1 aliphatic carbocycles. The van der Waals surface area contributed by atoms with E-state index in [9.17, 15) is 4.79 Å². The second-order valence-corrected chi connectivity index (χ2v) is 6.47. The van der Waals surface area contributed by atoms with Crippen molar-refractivity contribution in [2.45, 2.75) is 38.1 Å². The van der Waals surface area contributed by atoms with E-state index in [0.29, 0.717) is 5.92 Å². The maximum absolute atomic E-state index is 12.4. The number of amides is 1. The Bertz CT molecular complexity index is 494. The SMILES string of the molecule is COC[C@H]1CCC[C@H]1NC(=O)c1ccc(N2CCCC2)cc1. The Morgan fingerprint density at radius 3 is 2.59 bits per heavy atom. The van der Waals surface area contributed by atoms with E-state index in [1.54, 1.807) is 7.11 Å². The Morgan fingerprint density at radius 1 is 1.18 bits per heavy atom. The maximum atomic E-state index is 12.4. The van der Waals surface area contributed by atoms with Crippen LogP contribution in [0.25, 0.3) is 0 Å². The summed E-state index contributed by atoms with van der Waals surface area (Å²) >= 11 is 0. The molecule has 3 rings (SSSR count). The fraction of sp³-hybridized carbons (Fsp3) is 0.611. The van der Waals surface area contributed by atoms with Gasteiger partial charge < -0.3 is 15.0 Å². The van der Waals surface area contributed by atoms with Gasteiger partial charge in [-0.15, -0.1) is 0 Å². The quantitative estimate of drug-likeness (QED) is 0.909. The highest BCUT2D eigenvalue weighted by molar-refractivity contribution is 5.94. The molecule has 0 bridgehead atoms. The molecule has 4 nitrogen and oxygen atoms in total. The Morgan fingerprint density at radius 2 is 1.91 bits per heavy atom.